The van der Waals surface area contributed by atoms with Crippen molar-refractivity contribution in [1.29, 1.82) is 0 Å². The highest BCUT2D eigenvalue weighted by molar-refractivity contribution is 6.20. The SMILES string of the molecule is Cn1cc(N2C(=O)C3Cc4ccccc4CN3C2=O)nn1. The largest absolute Gasteiger partial charge is 0.333 e. The van der Waals surface area contributed by atoms with Crippen LogP contribution < -0.4 is 4.90 Å². The number of aromatic nitrogens is 3. The number of imide groups is 1. The molecule has 2 aromatic rings. The van der Waals surface area contributed by atoms with Crippen molar-refractivity contribution in [2.75, 3.05) is 4.90 Å². The molecule has 3 heterocycles. The van der Waals surface area contributed by atoms with Gasteiger partial charge in [-0.1, -0.05) is 29.5 Å². The molecule has 1 unspecified atom stereocenters. The molecule has 3 amide bonds. The van der Waals surface area contributed by atoms with Gasteiger partial charge in [-0.05, 0) is 11.1 Å². The fourth-order valence-electron chi connectivity index (χ4n) is 2.96. The number of fused-ring (bicyclic) bond motifs is 2. The molecule has 4 rings (SSSR count). The zero-order valence-corrected chi connectivity index (χ0v) is 11.4. The Balaban J connectivity index is 1.72. The predicted molar refractivity (Wildman–Crippen MR) is 73.4 cm³/mol. The van der Waals surface area contributed by atoms with Crippen molar-refractivity contribution in [2.45, 2.75) is 19.0 Å². The first-order chi connectivity index (χ1) is 10.1. The Morgan fingerprint density at radius 2 is 1.95 bits per heavy atom. The van der Waals surface area contributed by atoms with Crippen LogP contribution in [0.3, 0.4) is 0 Å². The van der Waals surface area contributed by atoms with Gasteiger partial charge in [-0.2, -0.15) is 0 Å². The van der Waals surface area contributed by atoms with Gasteiger partial charge in [0.05, 0.1) is 6.20 Å². The lowest BCUT2D eigenvalue weighted by molar-refractivity contribution is -0.120. The number of benzene rings is 1. The van der Waals surface area contributed by atoms with E-state index in [4.69, 9.17) is 0 Å². The number of hydrogen-bond donors (Lipinski definition) is 0. The predicted octanol–water partition coefficient (Wildman–Crippen LogP) is 0.709. The van der Waals surface area contributed by atoms with E-state index in [1.54, 1.807) is 18.1 Å². The highest BCUT2D eigenvalue weighted by Gasteiger charge is 2.48. The average Bonchev–Trinajstić information content (AvgIpc) is 3.00. The topological polar surface area (TPSA) is 71.3 Å². The van der Waals surface area contributed by atoms with Crippen LogP contribution in [0.1, 0.15) is 11.1 Å². The quantitative estimate of drug-likeness (QED) is 0.723. The second-order valence-electron chi connectivity index (χ2n) is 5.32. The molecule has 0 spiro atoms. The molecule has 0 aliphatic carbocycles. The summed E-state index contributed by atoms with van der Waals surface area (Å²) in [4.78, 5) is 27.8. The standard InChI is InChI=1S/C14H13N5O2/c1-17-8-12(15-16-17)19-13(20)11-6-9-4-2-3-5-10(9)7-18(11)14(19)21/h2-5,8,11H,6-7H2,1H3. The Bertz CT molecular complexity index is 710. The molecule has 0 radical (unpaired) electrons. The fraction of sp³-hybridized carbons (Fsp3) is 0.286. The van der Waals surface area contributed by atoms with Gasteiger partial charge in [0.1, 0.15) is 6.04 Å². The maximum Gasteiger partial charge on any atom is 0.333 e. The summed E-state index contributed by atoms with van der Waals surface area (Å²) in [7, 11) is 1.70. The van der Waals surface area contributed by atoms with Crippen LogP contribution in [0.5, 0.6) is 0 Å². The lowest BCUT2D eigenvalue weighted by Gasteiger charge is -2.28. The lowest BCUT2D eigenvalue weighted by Crippen LogP contribution is -2.39. The smallest absolute Gasteiger partial charge is 0.307 e. The lowest BCUT2D eigenvalue weighted by atomic mass is 9.95. The fourth-order valence-corrected chi connectivity index (χ4v) is 2.96. The number of anilines is 1. The molecular formula is C14H13N5O2. The number of carbonyl (C=O) groups excluding carboxylic acids is 2. The van der Waals surface area contributed by atoms with Crippen molar-refractivity contribution >= 4 is 17.8 Å². The van der Waals surface area contributed by atoms with Gasteiger partial charge < -0.3 is 4.90 Å². The van der Waals surface area contributed by atoms with E-state index in [2.05, 4.69) is 10.3 Å². The second kappa shape index (κ2) is 4.15. The summed E-state index contributed by atoms with van der Waals surface area (Å²) in [5.74, 6) is 0.0564. The summed E-state index contributed by atoms with van der Waals surface area (Å²) in [5, 5.41) is 7.67. The minimum Gasteiger partial charge on any atom is -0.307 e. The van der Waals surface area contributed by atoms with E-state index in [-0.39, 0.29) is 17.8 Å². The zero-order valence-electron chi connectivity index (χ0n) is 11.4. The molecular weight excluding hydrogens is 270 g/mol. The van der Waals surface area contributed by atoms with Crippen LogP contribution in [0.15, 0.2) is 30.5 Å². The molecule has 7 heteroatoms. The number of rotatable bonds is 1. The van der Waals surface area contributed by atoms with Gasteiger partial charge in [-0.15, -0.1) is 5.10 Å². The molecule has 1 aromatic carbocycles. The molecule has 2 aliphatic rings. The summed E-state index contributed by atoms with van der Waals surface area (Å²) in [6, 6.07) is 7.15. The van der Waals surface area contributed by atoms with Crippen LogP contribution >= 0.6 is 0 Å². The highest BCUT2D eigenvalue weighted by Crippen LogP contribution is 2.31. The number of nitrogens with zero attached hydrogens (tertiary/aromatic N) is 5. The number of urea groups is 1. The zero-order chi connectivity index (χ0) is 14.6. The van der Waals surface area contributed by atoms with Gasteiger partial charge in [0.2, 0.25) is 0 Å². The van der Waals surface area contributed by atoms with Crippen molar-refractivity contribution in [3.63, 3.8) is 0 Å². The number of hydrogen-bond acceptors (Lipinski definition) is 4. The Hall–Kier alpha value is -2.70. The van der Waals surface area contributed by atoms with E-state index >= 15 is 0 Å². The van der Waals surface area contributed by atoms with Crippen LogP contribution in [0.4, 0.5) is 10.6 Å². The highest BCUT2D eigenvalue weighted by atomic mass is 16.2. The number of aryl methyl sites for hydroxylation is 1. The molecule has 1 aromatic heterocycles. The minimum atomic E-state index is -0.436. The summed E-state index contributed by atoms with van der Waals surface area (Å²) >= 11 is 0. The van der Waals surface area contributed by atoms with Crippen LogP contribution in [-0.2, 0) is 24.8 Å². The number of amides is 3. The Kier molecular flexibility index (Phi) is 2.38. The molecule has 7 nitrogen and oxygen atoms in total. The van der Waals surface area contributed by atoms with Gasteiger partial charge >= 0.3 is 6.03 Å². The van der Waals surface area contributed by atoms with Crippen molar-refractivity contribution in [1.82, 2.24) is 19.9 Å². The molecule has 0 saturated carbocycles. The third-order valence-corrected chi connectivity index (χ3v) is 4.01. The summed E-state index contributed by atoms with van der Waals surface area (Å²) in [6.45, 7) is 0.460. The Labute approximate surface area is 120 Å². The van der Waals surface area contributed by atoms with Crippen LogP contribution in [0.2, 0.25) is 0 Å². The monoisotopic (exact) mass is 283 g/mol. The molecule has 1 fully saturated rings. The van der Waals surface area contributed by atoms with E-state index in [0.29, 0.717) is 13.0 Å². The van der Waals surface area contributed by atoms with E-state index in [1.807, 2.05) is 24.3 Å². The van der Waals surface area contributed by atoms with Gasteiger partial charge in [-0.25, -0.2) is 9.69 Å². The summed E-state index contributed by atoms with van der Waals surface area (Å²) in [5.41, 5.74) is 2.22. The first kappa shape index (κ1) is 12.1. The number of carbonyl (C=O) groups is 2. The average molecular weight is 283 g/mol. The minimum absolute atomic E-state index is 0.227. The van der Waals surface area contributed by atoms with Crippen LogP contribution in [0.25, 0.3) is 0 Å². The third-order valence-electron chi connectivity index (χ3n) is 4.01. The first-order valence-electron chi connectivity index (χ1n) is 6.73. The molecule has 1 atom stereocenters. The molecule has 0 bridgehead atoms. The summed E-state index contributed by atoms with van der Waals surface area (Å²) < 4.78 is 1.47. The van der Waals surface area contributed by atoms with Gasteiger partial charge in [0.15, 0.2) is 5.82 Å². The van der Waals surface area contributed by atoms with Crippen LogP contribution in [0, 0.1) is 0 Å². The molecule has 21 heavy (non-hydrogen) atoms. The van der Waals surface area contributed by atoms with Crippen molar-refractivity contribution in [3.8, 4) is 0 Å². The van der Waals surface area contributed by atoms with Crippen molar-refractivity contribution in [2.24, 2.45) is 7.05 Å². The first-order valence-corrected chi connectivity index (χ1v) is 6.73. The van der Waals surface area contributed by atoms with Crippen LogP contribution in [-0.4, -0.2) is 37.9 Å². The Morgan fingerprint density at radius 3 is 2.67 bits per heavy atom. The normalized spacial score (nSPS) is 20.7. The molecule has 2 aliphatic heterocycles. The molecule has 0 N–H and O–H groups in total. The maximum absolute atomic E-state index is 12.6. The van der Waals surface area contributed by atoms with Gasteiger partial charge in [0.25, 0.3) is 5.91 Å². The van der Waals surface area contributed by atoms with E-state index in [9.17, 15) is 9.59 Å². The molecule has 1 saturated heterocycles. The summed E-state index contributed by atoms with van der Waals surface area (Å²) in [6.07, 6.45) is 2.12. The van der Waals surface area contributed by atoms with Gasteiger partial charge in [-0.3, -0.25) is 9.48 Å². The maximum atomic E-state index is 12.6. The third kappa shape index (κ3) is 1.67. The van der Waals surface area contributed by atoms with Crippen molar-refractivity contribution in [3.05, 3.63) is 41.6 Å². The van der Waals surface area contributed by atoms with Crippen molar-refractivity contribution < 1.29 is 9.59 Å². The van der Waals surface area contributed by atoms with Gasteiger partial charge in [0, 0.05) is 20.0 Å². The van der Waals surface area contributed by atoms with E-state index < -0.39 is 6.04 Å². The Morgan fingerprint density at radius 1 is 1.19 bits per heavy atom. The molecule has 106 valence electrons. The second-order valence-corrected chi connectivity index (χ2v) is 5.32. The van der Waals surface area contributed by atoms with E-state index in [1.165, 1.54) is 4.68 Å². The van der Waals surface area contributed by atoms with E-state index in [0.717, 1.165) is 16.0 Å².